The van der Waals surface area contributed by atoms with Crippen LogP contribution in [0.2, 0.25) is 0 Å². The summed E-state index contributed by atoms with van der Waals surface area (Å²) in [5.74, 6) is 0.902. The van der Waals surface area contributed by atoms with E-state index in [1.54, 1.807) is 0 Å². The molecular formula is C54H35N5. The Kier molecular flexibility index (Phi) is 7.47. The molecule has 4 heterocycles. The van der Waals surface area contributed by atoms with E-state index in [1.807, 2.05) is 30.5 Å². The lowest BCUT2D eigenvalue weighted by Crippen LogP contribution is -1.99. The van der Waals surface area contributed by atoms with Gasteiger partial charge >= 0.3 is 0 Å². The number of benzene rings is 8. The highest BCUT2D eigenvalue weighted by Gasteiger charge is 2.18. The van der Waals surface area contributed by atoms with Gasteiger partial charge in [-0.3, -0.25) is 9.55 Å². The molecule has 0 unspecified atom stereocenters. The molecule has 59 heavy (non-hydrogen) atoms. The Morgan fingerprint density at radius 3 is 1.39 bits per heavy atom. The molecule has 12 aromatic rings. The first-order valence-corrected chi connectivity index (χ1v) is 20.0. The fourth-order valence-corrected chi connectivity index (χ4v) is 8.99. The molecule has 0 spiro atoms. The van der Waals surface area contributed by atoms with Crippen molar-refractivity contribution in [3.05, 3.63) is 212 Å². The van der Waals surface area contributed by atoms with E-state index in [9.17, 15) is 0 Å². The number of hydrogen-bond acceptors (Lipinski definition) is 2. The van der Waals surface area contributed by atoms with Crippen LogP contribution >= 0.6 is 0 Å². The van der Waals surface area contributed by atoms with Crippen molar-refractivity contribution in [2.75, 3.05) is 0 Å². The summed E-state index contributed by atoms with van der Waals surface area (Å²) < 4.78 is 7.02. The third kappa shape index (κ3) is 5.33. The number of rotatable bonds is 6. The Labute approximate surface area is 340 Å². The first-order chi connectivity index (χ1) is 29.3. The number of hydrogen-bond donors (Lipinski definition) is 0. The Bertz CT molecular complexity index is 3520. The van der Waals surface area contributed by atoms with Gasteiger partial charge in [0.1, 0.15) is 5.82 Å². The molecule has 4 aromatic heterocycles. The minimum atomic E-state index is 0.902. The predicted octanol–water partition coefficient (Wildman–Crippen LogP) is 13.6. The van der Waals surface area contributed by atoms with E-state index in [-0.39, 0.29) is 0 Å². The van der Waals surface area contributed by atoms with Gasteiger partial charge in [0.25, 0.3) is 0 Å². The maximum absolute atomic E-state index is 5.14. The standard InChI is InChI=1S/C54H35N5/c1-2-12-40(13-3-1)57-49-18-7-4-14-43(49)45-34-38(25-31-51(45)57)39-26-32-52-46(35-39)44-15-5-8-19-50(44)58(52)41-27-29-42(30-28-41)59-53-20-9-6-17-48(53)56-54(59)37-23-21-36(22-24-37)47-16-10-11-33-55-47/h1-35H. The zero-order valence-electron chi connectivity index (χ0n) is 31.9. The number of nitrogens with zero attached hydrogens (tertiary/aromatic N) is 5. The minimum absolute atomic E-state index is 0.902. The first kappa shape index (κ1) is 33.2. The van der Waals surface area contributed by atoms with Crippen LogP contribution in [-0.4, -0.2) is 23.7 Å². The Morgan fingerprint density at radius 1 is 0.305 bits per heavy atom. The van der Waals surface area contributed by atoms with E-state index < -0.39 is 0 Å². The second-order valence-corrected chi connectivity index (χ2v) is 15.1. The van der Waals surface area contributed by atoms with E-state index in [2.05, 4.69) is 201 Å². The summed E-state index contributed by atoms with van der Waals surface area (Å²) in [5, 5.41) is 4.96. The van der Waals surface area contributed by atoms with Gasteiger partial charge in [0.05, 0.1) is 38.8 Å². The average Bonchev–Trinajstić information content (AvgIpc) is 3.97. The van der Waals surface area contributed by atoms with Gasteiger partial charge in [0.15, 0.2) is 0 Å². The molecule has 8 aromatic carbocycles. The molecular weight excluding hydrogens is 719 g/mol. The van der Waals surface area contributed by atoms with Gasteiger partial charge in [-0.15, -0.1) is 0 Å². The van der Waals surface area contributed by atoms with Gasteiger partial charge in [-0.05, 0) is 108 Å². The summed E-state index contributed by atoms with van der Waals surface area (Å²) in [4.78, 5) is 9.68. The number of aromatic nitrogens is 5. The van der Waals surface area contributed by atoms with Crippen molar-refractivity contribution in [3.8, 4) is 50.8 Å². The largest absolute Gasteiger partial charge is 0.309 e. The molecule has 0 aliphatic rings. The van der Waals surface area contributed by atoms with Gasteiger partial charge in [-0.1, -0.05) is 109 Å². The molecule has 12 rings (SSSR count). The van der Waals surface area contributed by atoms with Crippen molar-refractivity contribution in [3.63, 3.8) is 0 Å². The van der Waals surface area contributed by atoms with E-state index >= 15 is 0 Å². The van der Waals surface area contributed by atoms with Crippen molar-refractivity contribution in [2.24, 2.45) is 0 Å². The van der Waals surface area contributed by atoms with Gasteiger partial charge in [0.2, 0.25) is 0 Å². The Balaban J connectivity index is 0.950. The maximum atomic E-state index is 5.14. The van der Waals surface area contributed by atoms with Crippen LogP contribution < -0.4 is 0 Å². The number of pyridine rings is 1. The summed E-state index contributed by atoms with van der Waals surface area (Å²) in [5.41, 5.74) is 15.6. The van der Waals surface area contributed by atoms with E-state index in [0.717, 1.165) is 45.1 Å². The molecule has 0 aliphatic heterocycles. The predicted molar refractivity (Wildman–Crippen MR) is 244 cm³/mol. The molecule has 0 radical (unpaired) electrons. The molecule has 0 atom stereocenters. The van der Waals surface area contributed by atoms with Crippen molar-refractivity contribution in [1.82, 2.24) is 23.7 Å². The monoisotopic (exact) mass is 753 g/mol. The lowest BCUT2D eigenvalue weighted by Gasteiger charge is -2.13. The minimum Gasteiger partial charge on any atom is -0.309 e. The van der Waals surface area contributed by atoms with Crippen LogP contribution in [0, 0.1) is 0 Å². The zero-order chi connectivity index (χ0) is 38.9. The topological polar surface area (TPSA) is 40.6 Å². The molecule has 0 N–H and O–H groups in total. The Hall–Kier alpha value is -8.02. The van der Waals surface area contributed by atoms with Crippen LogP contribution in [0.3, 0.4) is 0 Å². The molecule has 0 aliphatic carbocycles. The normalized spacial score (nSPS) is 11.7. The highest BCUT2D eigenvalue weighted by atomic mass is 15.1. The van der Waals surface area contributed by atoms with Crippen molar-refractivity contribution >= 4 is 54.6 Å². The number of para-hydroxylation sites is 5. The van der Waals surface area contributed by atoms with Crippen molar-refractivity contribution < 1.29 is 0 Å². The van der Waals surface area contributed by atoms with Crippen molar-refractivity contribution in [2.45, 2.75) is 0 Å². The lowest BCUT2D eigenvalue weighted by atomic mass is 10.0. The molecule has 0 fully saturated rings. The van der Waals surface area contributed by atoms with Crippen LogP contribution in [0.25, 0.3) is 105 Å². The fourth-order valence-electron chi connectivity index (χ4n) is 8.99. The van der Waals surface area contributed by atoms with E-state index in [1.165, 1.54) is 60.4 Å². The summed E-state index contributed by atoms with van der Waals surface area (Å²) in [6, 6.07) is 73.7. The second kappa shape index (κ2) is 13.3. The van der Waals surface area contributed by atoms with Gasteiger partial charge in [-0.25, -0.2) is 4.98 Å². The van der Waals surface area contributed by atoms with Crippen LogP contribution in [0.15, 0.2) is 212 Å². The maximum Gasteiger partial charge on any atom is 0.145 e. The molecule has 5 heteroatoms. The van der Waals surface area contributed by atoms with Gasteiger partial charge < -0.3 is 9.13 Å². The summed E-state index contributed by atoms with van der Waals surface area (Å²) in [6.07, 6.45) is 1.83. The quantitative estimate of drug-likeness (QED) is 0.170. The number of imidazole rings is 1. The molecule has 276 valence electrons. The highest BCUT2D eigenvalue weighted by molar-refractivity contribution is 6.12. The second-order valence-electron chi connectivity index (χ2n) is 15.1. The van der Waals surface area contributed by atoms with Gasteiger partial charge in [0, 0.05) is 55.9 Å². The molecule has 0 saturated heterocycles. The van der Waals surface area contributed by atoms with E-state index in [4.69, 9.17) is 4.98 Å². The van der Waals surface area contributed by atoms with E-state index in [0.29, 0.717) is 0 Å². The zero-order valence-corrected chi connectivity index (χ0v) is 31.9. The SMILES string of the molecule is c1ccc(-n2c3ccccc3c3cc(-c4ccc5c(c4)c4ccccc4n5-c4ccc(-n5c(-c6ccc(-c7ccccn7)cc6)nc6ccccc65)cc4)ccc32)cc1. The molecule has 5 nitrogen and oxygen atoms in total. The van der Waals surface area contributed by atoms with Crippen LogP contribution in [0.1, 0.15) is 0 Å². The first-order valence-electron chi connectivity index (χ1n) is 20.0. The summed E-state index contributed by atoms with van der Waals surface area (Å²) in [7, 11) is 0. The van der Waals surface area contributed by atoms with Crippen LogP contribution in [-0.2, 0) is 0 Å². The third-order valence-corrected chi connectivity index (χ3v) is 11.7. The third-order valence-electron chi connectivity index (χ3n) is 11.7. The molecule has 0 saturated carbocycles. The van der Waals surface area contributed by atoms with Crippen LogP contribution in [0.5, 0.6) is 0 Å². The van der Waals surface area contributed by atoms with Crippen molar-refractivity contribution in [1.29, 1.82) is 0 Å². The molecule has 0 bridgehead atoms. The lowest BCUT2D eigenvalue weighted by molar-refractivity contribution is 1.09. The summed E-state index contributed by atoms with van der Waals surface area (Å²) >= 11 is 0. The smallest absolute Gasteiger partial charge is 0.145 e. The average molecular weight is 754 g/mol. The summed E-state index contributed by atoms with van der Waals surface area (Å²) in [6.45, 7) is 0. The highest BCUT2D eigenvalue weighted by Crippen LogP contribution is 2.39. The fraction of sp³-hybridized carbons (Fsp3) is 0. The van der Waals surface area contributed by atoms with Crippen LogP contribution in [0.4, 0.5) is 0 Å². The Morgan fingerprint density at radius 2 is 0.780 bits per heavy atom. The van der Waals surface area contributed by atoms with Gasteiger partial charge in [-0.2, -0.15) is 0 Å². The number of fused-ring (bicyclic) bond motifs is 7. The molecule has 0 amide bonds.